The Morgan fingerprint density at radius 3 is 2.26 bits per heavy atom. The number of halogens is 4. The van der Waals surface area contributed by atoms with Gasteiger partial charge in [-0.25, -0.2) is 0 Å². The number of ether oxygens (including phenoxy) is 3. The SMILES string of the molecule is CN=C(NCCCOCCOC)NCCOc1ccc(C(F)(F)F)cc1.I. The molecule has 1 rings (SSSR count). The largest absolute Gasteiger partial charge is 0.492 e. The van der Waals surface area contributed by atoms with Crippen LogP contribution < -0.4 is 15.4 Å². The number of hydrogen-bond acceptors (Lipinski definition) is 4. The molecule has 0 saturated carbocycles. The van der Waals surface area contributed by atoms with Gasteiger partial charge < -0.3 is 24.8 Å². The summed E-state index contributed by atoms with van der Waals surface area (Å²) in [6.07, 6.45) is -3.51. The van der Waals surface area contributed by atoms with E-state index in [1.165, 1.54) is 12.1 Å². The van der Waals surface area contributed by atoms with Crippen LogP contribution in [0.3, 0.4) is 0 Å². The topological polar surface area (TPSA) is 64.1 Å². The summed E-state index contributed by atoms with van der Waals surface area (Å²) in [7, 11) is 3.28. The summed E-state index contributed by atoms with van der Waals surface area (Å²) in [6, 6.07) is 4.61. The molecular weight excluding hydrogens is 478 g/mol. The Balaban J connectivity index is 0.00000676. The van der Waals surface area contributed by atoms with Crippen molar-refractivity contribution in [1.82, 2.24) is 10.6 Å². The van der Waals surface area contributed by atoms with E-state index in [4.69, 9.17) is 14.2 Å². The van der Waals surface area contributed by atoms with Crippen molar-refractivity contribution in [1.29, 1.82) is 0 Å². The van der Waals surface area contributed by atoms with E-state index in [9.17, 15) is 13.2 Å². The van der Waals surface area contributed by atoms with Gasteiger partial charge >= 0.3 is 6.18 Å². The molecule has 0 radical (unpaired) electrons. The molecule has 0 spiro atoms. The molecule has 0 unspecified atom stereocenters. The first kappa shape index (κ1) is 25.7. The molecule has 10 heteroatoms. The van der Waals surface area contributed by atoms with Gasteiger partial charge in [0.05, 0.1) is 25.3 Å². The fourth-order valence-corrected chi connectivity index (χ4v) is 1.92. The molecule has 0 aliphatic carbocycles. The van der Waals surface area contributed by atoms with Gasteiger partial charge in [-0.3, -0.25) is 4.99 Å². The molecule has 1 aromatic carbocycles. The monoisotopic (exact) mass is 505 g/mol. The molecule has 0 amide bonds. The molecule has 0 heterocycles. The Kier molecular flexibility index (Phi) is 14.1. The maximum atomic E-state index is 12.5. The molecule has 27 heavy (non-hydrogen) atoms. The lowest BCUT2D eigenvalue weighted by Crippen LogP contribution is -2.39. The van der Waals surface area contributed by atoms with Gasteiger partial charge in [0.25, 0.3) is 0 Å². The van der Waals surface area contributed by atoms with Crippen molar-refractivity contribution >= 4 is 29.9 Å². The van der Waals surface area contributed by atoms with Crippen LogP contribution in [-0.4, -0.2) is 59.6 Å². The van der Waals surface area contributed by atoms with Gasteiger partial charge in [-0.15, -0.1) is 24.0 Å². The summed E-state index contributed by atoms with van der Waals surface area (Å²) in [5.41, 5.74) is -0.696. The smallest absolute Gasteiger partial charge is 0.416 e. The Morgan fingerprint density at radius 1 is 1.00 bits per heavy atom. The van der Waals surface area contributed by atoms with Crippen LogP contribution in [0.15, 0.2) is 29.3 Å². The zero-order valence-corrected chi connectivity index (χ0v) is 17.8. The highest BCUT2D eigenvalue weighted by atomic mass is 127. The number of rotatable bonds is 11. The minimum atomic E-state index is -4.34. The fourth-order valence-electron chi connectivity index (χ4n) is 1.92. The van der Waals surface area contributed by atoms with Crippen LogP contribution >= 0.6 is 24.0 Å². The van der Waals surface area contributed by atoms with Crippen molar-refractivity contribution in [2.75, 3.05) is 53.7 Å². The molecule has 0 fully saturated rings. The van der Waals surface area contributed by atoms with E-state index in [0.29, 0.717) is 51.2 Å². The molecule has 0 aromatic heterocycles. The average Bonchev–Trinajstić information content (AvgIpc) is 2.62. The second-order valence-electron chi connectivity index (χ2n) is 5.26. The van der Waals surface area contributed by atoms with Crippen LogP contribution in [0.5, 0.6) is 5.75 Å². The lowest BCUT2D eigenvalue weighted by atomic mass is 10.2. The summed E-state index contributed by atoms with van der Waals surface area (Å²) in [5.74, 6) is 1.01. The number of hydrogen-bond donors (Lipinski definition) is 2. The first-order chi connectivity index (χ1) is 12.5. The van der Waals surface area contributed by atoms with Crippen molar-refractivity contribution in [2.24, 2.45) is 4.99 Å². The van der Waals surface area contributed by atoms with Crippen molar-refractivity contribution in [2.45, 2.75) is 12.6 Å². The van der Waals surface area contributed by atoms with E-state index in [1.807, 2.05) is 0 Å². The van der Waals surface area contributed by atoms with E-state index in [-0.39, 0.29) is 24.0 Å². The number of benzene rings is 1. The van der Waals surface area contributed by atoms with Crippen molar-refractivity contribution in [3.05, 3.63) is 29.8 Å². The Hall–Kier alpha value is -1.27. The predicted molar refractivity (Wildman–Crippen MR) is 109 cm³/mol. The highest BCUT2D eigenvalue weighted by Gasteiger charge is 2.29. The zero-order chi connectivity index (χ0) is 19.3. The molecule has 6 nitrogen and oxygen atoms in total. The minimum Gasteiger partial charge on any atom is -0.492 e. The van der Waals surface area contributed by atoms with E-state index in [0.717, 1.165) is 18.6 Å². The molecule has 2 N–H and O–H groups in total. The third-order valence-corrected chi connectivity index (χ3v) is 3.26. The summed E-state index contributed by atoms with van der Waals surface area (Å²) in [6.45, 7) is 3.24. The highest BCUT2D eigenvalue weighted by Crippen LogP contribution is 2.30. The second kappa shape index (κ2) is 14.7. The molecule has 1 aromatic rings. The lowest BCUT2D eigenvalue weighted by molar-refractivity contribution is -0.137. The Morgan fingerprint density at radius 2 is 1.67 bits per heavy atom. The summed E-state index contributed by atoms with van der Waals surface area (Å²) >= 11 is 0. The number of aliphatic imine (C=N–C) groups is 1. The molecule has 0 bridgehead atoms. The van der Waals surface area contributed by atoms with Gasteiger partial charge in [-0.05, 0) is 30.7 Å². The van der Waals surface area contributed by atoms with Crippen LogP contribution in [0, 0.1) is 0 Å². The number of alkyl halides is 3. The molecular formula is C17H27F3IN3O3. The molecule has 156 valence electrons. The minimum absolute atomic E-state index is 0. The van der Waals surface area contributed by atoms with E-state index < -0.39 is 11.7 Å². The van der Waals surface area contributed by atoms with Gasteiger partial charge in [0.2, 0.25) is 0 Å². The maximum absolute atomic E-state index is 12.5. The Bertz CT molecular complexity index is 528. The summed E-state index contributed by atoms with van der Waals surface area (Å²) in [5, 5.41) is 6.19. The van der Waals surface area contributed by atoms with E-state index in [2.05, 4.69) is 15.6 Å². The predicted octanol–water partition coefficient (Wildman–Crippen LogP) is 2.92. The number of nitrogens with one attached hydrogen (secondary N) is 2. The van der Waals surface area contributed by atoms with Gasteiger partial charge in [0.15, 0.2) is 5.96 Å². The number of guanidine groups is 1. The Labute approximate surface area is 174 Å². The van der Waals surface area contributed by atoms with Crippen LogP contribution in [-0.2, 0) is 15.7 Å². The summed E-state index contributed by atoms with van der Waals surface area (Å²) < 4.78 is 53.1. The van der Waals surface area contributed by atoms with Crippen molar-refractivity contribution in [3.8, 4) is 5.75 Å². The van der Waals surface area contributed by atoms with Gasteiger partial charge in [0, 0.05) is 27.3 Å². The van der Waals surface area contributed by atoms with Gasteiger partial charge in [-0.1, -0.05) is 0 Å². The maximum Gasteiger partial charge on any atom is 0.416 e. The van der Waals surface area contributed by atoms with Crippen molar-refractivity contribution < 1.29 is 27.4 Å². The second-order valence-corrected chi connectivity index (χ2v) is 5.26. The number of methoxy groups -OCH3 is 1. The van der Waals surface area contributed by atoms with Crippen LogP contribution in [0.25, 0.3) is 0 Å². The van der Waals surface area contributed by atoms with E-state index >= 15 is 0 Å². The molecule has 0 saturated heterocycles. The third-order valence-electron chi connectivity index (χ3n) is 3.26. The van der Waals surface area contributed by atoms with E-state index in [1.54, 1.807) is 14.2 Å². The average molecular weight is 505 g/mol. The normalized spacial score (nSPS) is 11.7. The molecule has 0 atom stereocenters. The van der Waals surface area contributed by atoms with Crippen LogP contribution in [0.1, 0.15) is 12.0 Å². The molecule has 0 aliphatic heterocycles. The lowest BCUT2D eigenvalue weighted by Gasteiger charge is -2.13. The zero-order valence-electron chi connectivity index (χ0n) is 15.5. The van der Waals surface area contributed by atoms with Gasteiger partial charge in [-0.2, -0.15) is 13.2 Å². The first-order valence-corrected chi connectivity index (χ1v) is 8.28. The standard InChI is InChI=1S/C17H26F3N3O3.HI/c1-21-16(22-8-3-10-25-13-12-24-2)23-9-11-26-15-6-4-14(5-7-15)17(18,19)20;/h4-7H,3,8-13H2,1-2H3,(H2,21,22,23);1H. The third kappa shape index (κ3) is 11.9. The molecule has 0 aliphatic rings. The van der Waals surface area contributed by atoms with Crippen LogP contribution in [0.4, 0.5) is 13.2 Å². The summed E-state index contributed by atoms with van der Waals surface area (Å²) in [4.78, 5) is 4.07. The van der Waals surface area contributed by atoms with Gasteiger partial charge in [0.1, 0.15) is 12.4 Å². The quantitative estimate of drug-likeness (QED) is 0.210. The van der Waals surface area contributed by atoms with Crippen molar-refractivity contribution in [3.63, 3.8) is 0 Å². The van der Waals surface area contributed by atoms with Crippen LogP contribution in [0.2, 0.25) is 0 Å². The highest BCUT2D eigenvalue weighted by molar-refractivity contribution is 14.0. The number of nitrogens with zero attached hydrogens (tertiary/aromatic N) is 1. The fraction of sp³-hybridized carbons (Fsp3) is 0.588. The first-order valence-electron chi connectivity index (χ1n) is 8.28.